The number of carboxylic acids is 1. The Balaban J connectivity index is 0.00000363. The van der Waals surface area contributed by atoms with E-state index in [1.807, 2.05) is 6.08 Å². The number of thiophene rings is 2. The van der Waals surface area contributed by atoms with Gasteiger partial charge in [-0.2, -0.15) is 0 Å². The Morgan fingerprint density at radius 2 is 1.96 bits per heavy atom. The quantitative estimate of drug-likeness (QED) is 0.677. The average molecular weight is 418 g/mol. The molecule has 6 heteroatoms. The van der Waals surface area contributed by atoms with E-state index < -0.39 is 19.7 Å². The molecule has 3 rings (SSSR count). The molecule has 1 saturated heterocycles. The summed E-state index contributed by atoms with van der Waals surface area (Å²) in [7, 11) is 0. The summed E-state index contributed by atoms with van der Waals surface area (Å²) in [6.07, 6.45) is 3.99. The number of carbonyl (C=O) groups is 1. The minimum Gasteiger partial charge on any atom is -0.481 e. The van der Waals surface area contributed by atoms with Crippen LogP contribution in [0.2, 0.25) is 0 Å². The largest absolute Gasteiger partial charge is 0.481 e. The summed E-state index contributed by atoms with van der Waals surface area (Å²) in [6.45, 7) is -2.64. The summed E-state index contributed by atoms with van der Waals surface area (Å²) in [4.78, 5) is 14.5. The zero-order chi connectivity index (χ0) is 22.8. The second kappa shape index (κ2) is 9.70. The predicted molar refractivity (Wildman–Crippen MR) is 114 cm³/mol. The van der Waals surface area contributed by atoms with Gasteiger partial charge in [-0.3, -0.25) is 4.79 Å². The van der Waals surface area contributed by atoms with E-state index in [-0.39, 0.29) is 29.5 Å². The van der Waals surface area contributed by atoms with Crippen molar-refractivity contribution in [3.8, 4) is 0 Å². The maximum absolute atomic E-state index is 11.3. The van der Waals surface area contributed by atoms with E-state index in [1.165, 1.54) is 22.7 Å². The summed E-state index contributed by atoms with van der Waals surface area (Å²) in [5.74, 6) is -1.14. The van der Waals surface area contributed by atoms with Crippen LogP contribution in [0.15, 0.2) is 29.0 Å². The van der Waals surface area contributed by atoms with Crippen LogP contribution >= 0.6 is 35.1 Å². The number of aliphatic carboxylic acids is 1. The molecule has 0 radical (unpaired) electrons. The topological polar surface area (TPSA) is 40.5 Å². The molecular formula is C20H26ClNO2S2. The summed E-state index contributed by atoms with van der Waals surface area (Å²) in [5, 5.41) is 12.7. The fraction of sp³-hybridized carbons (Fsp3) is 0.450. The van der Waals surface area contributed by atoms with Crippen molar-refractivity contribution < 1.29 is 18.1 Å². The standard InChI is InChI=1S/C20H25NO2S2.ClH/c1-14-7-11-24-18(14)17(19-15(2)8-12-25-19)6-4-10-21-9-3-5-16(13-21)20(22)23;/h6-8,11-12,16H,3-5,9-10,13H2,1-2H3,(H,22,23);1H/i1D3,2D3;. The molecule has 2 aromatic heterocycles. The highest BCUT2D eigenvalue weighted by molar-refractivity contribution is 7.14. The fourth-order valence-corrected chi connectivity index (χ4v) is 4.94. The maximum Gasteiger partial charge on any atom is 0.307 e. The lowest BCUT2D eigenvalue weighted by molar-refractivity contribution is -0.143. The molecule has 1 aliphatic heterocycles. The lowest BCUT2D eigenvalue weighted by atomic mass is 9.98. The molecule has 1 atom stereocenters. The van der Waals surface area contributed by atoms with E-state index in [0.29, 0.717) is 41.3 Å². The van der Waals surface area contributed by atoms with Crippen LogP contribution in [0.1, 0.15) is 48.4 Å². The minimum atomic E-state index is -2.30. The highest BCUT2D eigenvalue weighted by atomic mass is 35.5. The second-order valence-electron chi connectivity index (χ2n) is 6.21. The van der Waals surface area contributed by atoms with E-state index in [0.717, 1.165) is 13.0 Å². The number of nitrogens with zero attached hydrogens (tertiary/aromatic N) is 1. The molecule has 1 aliphatic rings. The molecule has 26 heavy (non-hydrogen) atoms. The van der Waals surface area contributed by atoms with Gasteiger partial charge in [0, 0.05) is 36.6 Å². The van der Waals surface area contributed by atoms with Gasteiger partial charge in [-0.15, -0.1) is 35.1 Å². The Hall–Kier alpha value is -1.14. The van der Waals surface area contributed by atoms with Crippen LogP contribution in [0.4, 0.5) is 0 Å². The Bertz CT molecular complexity index is 896. The minimum absolute atomic E-state index is 0. The predicted octanol–water partition coefficient (Wildman–Crippen LogP) is 5.47. The number of rotatable bonds is 6. The fourth-order valence-electron chi connectivity index (χ4n) is 3.18. The number of likely N-dealkylation sites (tertiary alicyclic amines) is 1. The Morgan fingerprint density at radius 1 is 1.31 bits per heavy atom. The average Bonchev–Trinajstić information content (AvgIpc) is 3.34. The number of piperidine rings is 1. The van der Waals surface area contributed by atoms with E-state index in [4.69, 9.17) is 8.22 Å². The van der Waals surface area contributed by atoms with Crippen LogP contribution in [0.3, 0.4) is 0 Å². The number of hydrogen-bond donors (Lipinski definition) is 1. The van der Waals surface area contributed by atoms with Crippen molar-refractivity contribution in [3.05, 3.63) is 49.9 Å². The monoisotopic (exact) mass is 417 g/mol. The van der Waals surface area contributed by atoms with Crippen LogP contribution < -0.4 is 0 Å². The highest BCUT2D eigenvalue weighted by Crippen LogP contribution is 2.35. The van der Waals surface area contributed by atoms with Gasteiger partial charge in [-0.25, -0.2) is 0 Å². The van der Waals surface area contributed by atoms with Gasteiger partial charge >= 0.3 is 5.97 Å². The molecule has 142 valence electrons. The molecule has 1 fully saturated rings. The van der Waals surface area contributed by atoms with Crippen molar-refractivity contribution in [1.82, 2.24) is 4.90 Å². The third kappa shape index (κ3) is 4.97. The van der Waals surface area contributed by atoms with Gasteiger partial charge in [0.1, 0.15) is 0 Å². The zero-order valence-corrected chi connectivity index (χ0v) is 16.7. The smallest absolute Gasteiger partial charge is 0.307 e. The van der Waals surface area contributed by atoms with Crippen molar-refractivity contribution in [2.45, 2.75) is 33.0 Å². The zero-order valence-electron chi connectivity index (χ0n) is 20.2. The van der Waals surface area contributed by atoms with Crippen LogP contribution in [0, 0.1) is 19.6 Å². The first-order valence-corrected chi connectivity index (χ1v) is 10.1. The SMILES string of the molecule is Cl.[2H]C([2H])([2H])c1ccsc1C(=CCCN1CCCC(C(=O)O)C1)c1sccc1C([2H])([2H])[2H]. The maximum atomic E-state index is 11.3. The molecule has 2 aromatic rings. The lowest BCUT2D eigenvalue weighted by Gasteiger charge is -2.30. The Morgan fingerprint density at radius 3 is 2.54 bits per heavy atom. The van der Waals surface area contributed by atoms with Crippen molar-refractivity contribution in [1.29, 1.82) is 0 Å². The summed E-state index contributed by atoms with van der Waals surface area (Å²) >= 11 is 2.59. The molecule has 1 unspecified atom stereocenters. The van der Waals surface area contributed by atoms with E-state index in [1.54, 1.807) is 22.9 Å². The van der Waals surface area contributed by atoms with Crippen molar-refractivity contribution in [2.24, 2.45) is 5.92 Å². The number of hydrogen-bond acceptors (Lipinski definition) is 4. The molecule has 0 amide bonds. The first-order valence-electron chi connectivity index (χ1n) is 11.3. The number of halogens is 1. The Labute approximate surface area is 178 Å². The summed E-state index contributed by atoms with van der Waals surface area (Å²) in [5.41, 5.74) is 1.07. The van der Waals surface area contributed by atoms with Crippen LogP contribution in [0.25, 0.3) is 5.57 Å². The number of aryl methyl sites for hydroxylation is 2. The van der Waals surface area contributed by atoms with Gasteiger partial charge in [-0.05, 0) is 73.5 Å². The van der Waals surface area contributed by atoms with Crippen LogP contribution in [-0.4, -0.2) is 35.6 Å². The van der Waals surface area contributed by atoms with Gasteiger partial charge in [0.25, 0.3) is 0 Å². The van der Waals surface area contributed by atoms with Gasteiger partial charge in [0.2, 0.25) is 0 Å². The molecule has 0 aliphatic carbocycles. The van der Waals surface area contributed by atoms with Gasteiger partial charge in [-0.1, -0.05) is 6.08 Å². The second-order valence-corrected chi connectivity index (χ2v) is 8.04. The first-order chi connectivity index (χ1) is 14.5. The Kier molecular flexibility index (Phi) is 5.20. The summed E-state index contributed by atoms with van der Waals surface area (Å²) < 4.78 is 47.2. The molecule has 1 N–H and O–H groups in total. The first kappa shape index (κ1) is 13.9. The molecule has 0 saturated carbocycles. The van der Waals surface area contributed by atoms with E-state index >= 15 is 0 Å². The van der Waals surface area contributed by atoms with Crippen LogP contribution in [-0.2, 0) is 4.79 Å². The van der Waals surface area contributed by atoms with Crippen molar-refractivity contribution in [2.75, 3.05) is 19.6 Å². The number of carboxylic acid groups (broad SMARTS) is 1. The molecule has 0 bridgehead atoms. The van der Waals surface area contributed by atoms with Crippen molar-refractivity contribution >= 4 is 46.6 Å². The molecular weight excluding hydrogens is 386 g/mol. The molecule has 0 spiro atoms. The van der Waals surface area contributed by atoms with Gasteiger partial charge in [0.15, 0.2) is 0 Å². The van der Waals surface area contributed by atoms with E-state index in [9.17, 15) is 9.90 Å². The lowest BCUT2D eigenvalue weighted by Crippen LogP contribution is -2.39. The molecule has 3 nitrogen and oxygen atoms in total. The highest BCUT2D eigenvalue weighted by Gasteiger charge is 2.24. The third-order valence-corrected chi connectivity index (χ3v) is 6.36. The normalized spacial score (nSPS) is 21.9. The van der Waals surface area contributed by atoms with Crippen LogP contribution in [0.5, 0.6) is 0 Å². The van der Waals surface area contributed by atoms with Gasteiger partial charge in [0.05, 0.1) is 5.92 Å². The van der Waals surface area contributed by atoms with E-state index in [2.05, 4.69) is 4.90 Å². The summed E-state index contributed by atoms with van der Waals surface area (Å²) in [6, 6.07) is 3.15. The molecule has 3 heterocycles. The van der Waals surface area contributed by atoms with Gasteiger partial charge < -0.3 is 10.0 Å². The molecule has 0 aromatic carbocycles. The third-order valence-electron chi connectivity index (χ3n) is 4.47. The van der Waals surface area contributed by atoms with Crippen molar-refractivity contribution in [3.63, 3.8) is 0 Å².